The first-order valence-electron chi connectivity index (χ1n) is 5.77. The molecule has 2 aromatic rings. The van der Waals surface area contributed by atoms with Crippen LogP contribution in [-0.4, -0.2) is 14.6 Å². The molecular weight excluding hydrogens is 202 g/mol. The molecule has 4 nitrogen and oxygen atoms in total. The fourth-order valence-electron chi connectivity index (χ4n) is 2.01. The minimum absolute atomic E-state index is 0.0454. The number of aromatic amines is 1. The van der Waals surface area contributed by atoms with Gasteiger partial charge in [-0.1, -0.05) is 20.3 Å². The number of hydrogen-bond acceptors (Lipinski definition) is 2. The Morgan fingerprint density at radius 1 is 1.44 bits per heavy atom. The zero-order valence-corrected chi connectivity index (χ0v) is 10.0. The van der Waals surface area contributed by atoms with Crippen molar-refractivity contribution in [1.29, 1.82) is 0 Å². The average Bonchev–Trinajstić information content (AvgIpc) is 2.62. The molecule has 0 atom stereocenters. The molecule has 0 aliphatic carbocycles. The van der Waals surface area contributed by atoms with E-state index in [0.717, 1.165) is 41.7 Å². The number of aromatic nitrogens is 3. The lowest BCUT2D eigenvalue weighted by molar-refractivity contribution is 0.803. The van der Waals surface area contributed by atoms with Crippen LogP contribution in [0.25, 0.3) is 5.65 Å². The molecule has 0 unspecified atom stereocenters. The number of fused-ring (bicyclic) bond motifs is 1. The molecule has 2 rings (SSSR count). The van der Waals surface area contributed by atoms with Crippen LogP contribution in [0.5, 0.6) is 0 Å². The SMILES string of the molecule is CCCc1nc2c(C)c[nH]n2c(=O)c1CC. The maximum absolute atomic E-state index is 12.2. The number of hydrogen-bond donors (Lipinski definition) is 1. The third-order valence-corrected chi connectivity index (χ3v) is 2.87. The van der Waals surface area contributed by atoms with Crippen LogP contribution in [0.15, 0.2) is 11.0 Å². The predicted octanol–water partition coefficient (Wildman–Crippen LogP) is 1.85. The van der Waals surface area contributed by atoms with Crippen LogP contribution in [0.3, 0.4) is 0 Å². The van der Waals surface area contributed by atoms with Gasteiger partial charge < -0.3 is 0 Å². The highest BCUT2D eigenvalue weighted by molar-refractivity contribution is 5.46. The van der Waals surface area contributed by atoms with Gasteiger partial charge in [-0.25, -0.2) is 9.50 Å². The second-order valence-corrected chi connectivity index (χ2v) is 4.06. The van der Waals surface area contributed by atoms with Crippen LogP contribution < -0.4 is 5.56 Å². The maximum atomic E-state index is 12.2. The summed E-state index contributed by atoms with van der Waals surface area (Å²) in [5, 5.41) is 2.94. The van der Waals surface area contributed by atoms with Crippen molar-refractivity contribution in [2.45, 2.75) is 40.0 Å². The highest BCUT2D eigenvalue weighted by Gasteiger charge is 2.12. The number of nitrogens with zero attached hydrogens (tertiary/aromatic N) is 2. The van der Waals surface area contributed by atoms with Crippen molar-refractivity contribution in [3.05, 3.63) is 33.4 Å². The summed E-state index contributed by atoms with van der Waals surface area (Å²) in [6, 6.07) is 0. The minimum Gasteiger partial charge on any atom is -0.297 e. The van der Waals surface area contributed by atoms with Crippen LogP contribution in [0.4, 0.5) is 0 Å². The summed E-state index contributed by atoms with van der Waals surface area (Å²) in [6.07, 6.45) is 4.44. The highest BCUT2D eigenvalue weighted by atomic mass is 16.1. The lowest BCUT2D eigenvalue weighted by Crippen LogP contribution is -2.22. The molecule has 2 aromatic heterocycles. The summed E-state index contributed by atoms with van der Waals surface area (Å²) in [7, 11) is 0. The smallest absolute Gasteiger partial charge is 0.276 e. The van der Waals surface area contributed by atoms with E-state index in [-0.39, 0.29) is 5.56 Å². The Morgan fingerprint density at radius 2 is 2.19 bits per heavy atom. The zero-order chi connectivity index (χ0) is 11.7. The Balaban J connectivity index is 2.78. The number of nitrogens with one attached hydrogen (secondary N) is 1. The second-order valence-electron chi connectivity index (χ2n) is 4.06. The van der Waals surface area contributed by atoms with Gasteiger partial charge in [0.15, 0.2) is 5.65 Å². The van der Waals surface area contributed by atoms with Crippen molar-refractivity contribution in [1.82, 2.24) is 14.6 Å². The first-order valence-corrected chi connectivity index (χ1v) is 5.77. The Morgan fingerprint density at radius 3 is 2.81 bits per heavy atom. The number of aryl methyl sites for hydroxylation is 2. The van der Waals surface area contributed by atoms with Crippen LogP contribution in [0.2, 0.25) is 0 Å². The lowest BCUT2D eigenvalue weighted by atomic mass is 10.1. The summed E-state index contributed by atoms with van der Waals surface area (Å²) < 4.78 is 1.54. The molecule has 0 radical (unpaired) electrons. The Labute approximate surface area is 94.3 Å². The number of rotatable bonds is 3. The summed E-state index contributed by atoms with van der Waals surface area (Å²) in [5.74, 6) is 0. The largest absolute Gasteiger partial charge is 0.297 e. The van der Waals surface area contributed by atoms with Crippen LogP contribution in [0, 0.1) is 6.92 Å². The standard InChI is InChI=1S/C12H17N3O/c1-4-6-10-9(5-2)12(16)15-11(14-10)8(3)7-13-15/h7,13H,4-6H2,1-3H3. The van der Waals surface area contributed by atoms with Gasteiger partial charge >= 0.3 is 0 Å². The fourth-order valence-corrected chi connectivity index (χ4v) is 2.01. The first-order chi connectivity index (χ1) is 7.69. The first kappa shape index (κ1) is 10.9. The number of H-pyrrole nitrogens is 1. The van der Waals surface area contributed by atoms with E-state index in [1.54, 1.807) is 0 Å². The monoisotopic (exact) mass is 219 g/mol. The van der Waals surface area contributed by atoms with Gasteiger partial charge in [0.1, 0.15) is 0 Å². The van der Waals surface area contributed by atoms with Crippen molar-refractivity contribution in [2.75, 3.05) is 0 Å². The topological polar surface area (TPSA) is 50.2 Å². The maximum Gasteiger partial charge on any atom is 0.276 e. The van der Waals surface area contributed by atoms with E-state index in [9.17, 15) is 4.79 Å². The molecule has 16 heavy (non-hydrogen) atoms. The minimum atomic E-state index is 0.0454. The van der Waals surface area contributed by atoms with E-state index in [4.69, 9.17) is 0 Å². The van der Waals surface area contributed by atoms with E-state index in [0.29, 0.717) is 0 Å². The molecule has 4 heteroatoms. The van der Waals surface area contributed by atoms with E-state index in [1.807, 2.05) is 20.0 Å². The van der Waals surface area contributed by atoms with Gasteiger partial charge in [-0.3, -0.25) is 9.89 Å². The van der Waals surface area contributed by atoms with Gasteiger partial charge in [-0.05, 0) is 19.8 Å². The molecular formula is C12H17N3O. The molecule has 0 aromatic carbocycles. The van der Waals surface area contributed by atoms with Gasteiger partial charge in [0.25, 0.3) is 5.56 Å². The van der Waals surface area contributed by atoms with E-state index >= 15 is 0 Å². The fraction of sp³-hybridized carbons (Fsp3) is 0.500. The van der Waals surface area contributed by atoms with Gasteiger partial charge in [0.05, 0.1) is 5.69 Å². The summed E-state index contributed by atoms with van der Waals surface area (Å²) in [5.41, 5.74) is 3.60. The van der Waals surface area contributed by atoms with Gasteiger partial charge in [0.2, 0.25) is 0 Å². The Kier molecular flexibility index (Phi) is 2.81. The Hall–Kier alpha value is -1.58. The molecule has 0 saturated heterocycles. The average molecular weight is 219 g/mol. The molecule has 0 bridgehead atoms. The van der Waals surface area contributed by atoms with E-state index in [1.165, 1.54) is 4.52 Å². The van der Waals surface area contributed by atoms with Crippen LogP contribution in [-0.2, 0) is 12.8 Å². The molecule has 1 N–H and O–H groups in total. The molecule has 0 aliphatic heterocycles. The highest BCUT2D eigenvalue weighted by Crippen LogP contribution is 2.10. The lowest BCUT2D eigenvalue weighted by Gasteiger charge is -2.06. The molecule has 0 amide bonds. The predicted molar refractivity (Wildman–Crippen MR) is 63.9 cm³/mol. The third kappa shape index (κ3) is 1.54. The molecule has 0 aliphatic rings. The van der Waals surface area contributed by atoms with E-state index < -0.39 is 0 Å². The molecule has 0 saturated carbocycles. The van der Waals surface area contributed by atoms with Crippen LogP contribution in [0.1, 0.15) is 37.1 Å². The van der Waals surface area contributed by atoms with Gasteiger partial charge in [-0.15, -0.1) is 0 Å². The molecule has 0 spiro atoms. The summed E-state index contributed by atoms with van der Waals surface area (Å²) >= 11 is 0. The molecule has 2 heterocycles. The van der Waals surface area contributed by atoms with Gasteiger partial charge in [-0.2, -0.15) is 0 Å². The quantitative estimate of drug-likeness (QED) is 0.856. The summed E-state index contributed by atoms with van der Waals surface area (Å²) in [4.78, 5) is 16.7. The van der Waals surface area contributed by atoms with Crippen molar-refractivity contribution in [3.63, 3.8) is 0 Å². The van der Waals surface area contributed by atoms with Crippen molar-refractivity contribution in [2.24, 2.45) is 0 Å². The molecule has 86 valence electrons. The van der Waals surface area contributed by atoms with Crippen molar-refractivity contribution >= 4 is 5.65 Å². The zero-order valence-electron chi connectivity index (χ0n) is 10.0. The normalized spacial score (nSPS) is 11.2. The van der Waals surface area contributed by atoms with Crippen molar-refractivity contribution < 1.29 is 0 Å². The van der Waals surface area contributed by atoms with E-state index in [2.05, 4.69) is 17.0 Å². The second kappa shape index (κ2) is 4.12. The van der Waals surface area contributed by atoms with Gasteiger partial charge in [0, 0.05) is 17.3 Å². The Bertz CT molecular complexity index is 565. The molecule has 0 fully saturated rings. The van der Waals surface area contributed by atoms with Crippen LogP contribution >= 0.6 is 0 Å². The third-order valence-electron chi connectivity index (χ3n) is 2.87. The summed E-state index contributed by atoms with van der Waals surface area (Å²) in [6.45, 7) is 6.06. The van der Waals surface area contributed by atoms with Crippen molar-refractivity contribution in [3.8, 4) is 0 Å².